The maximum absolute atomic E-state index is 12.4. The van der Waals surface area contributed by atoms with Gasteiger partial charge in [-0.1, -0.05) is 41.7 Å². The van der Waals surface area contributed by atoms with Gasteiger partial charge in [-0.05, 0) is 29.0 Å². The van der Waals surface area contributed by atoms with Crippen LogP contribution in [0.2, 0.25) is 0 Å². The van der Waals surface area contributed by atoms with E-state index in [1.165, 1.54) is 6.08 Å². The van der Waals surface area contributed by atoms with Crippen LogP contribution in [0.15, 0.2) is 52.2 Å². The number of benzene rings is 2. The highest BCUT2D eigenvalue weighted by atomic mass is 32.1. The summed E-state index contributed by atoms with van der Waals surface area (Å²) in [6.45, 7) is 0. The highest BCUT2D eigenvalue weighted by molar-refractivity contribution is 7.14. The molecule has 0 bridgehead atoms. The third-order valence-electron chi connectivity index (χ3n) is 3.66. The lowest BCUT2D eigenvalue weighted by atomic mass is 10.0. The predicted molar refractivity (Wildman–Crippen MR) is 95.7 cm³/mol. The van der Waals surface area contributed by atoms with Crippen molar-refractivity contribution in [2.75, 3.05) is 0 Å². The topological polar surface area (TPSA) is 97.5 Å². The van der Waals surface area contributed by atoms with Crippen molar-refractivity contribution in [2.45, 2.75) is 0 Å². The average Bonchev–Trinajstić information content (AvgIpc) is 2.62. The normalized spacial score (nSPS) is 11.5. The van der Waals surface area contributed by atoms with Crippen LogP contribution in [0.3, 0.4) is 0 Å². The molecule has 7 nitrogen and oxygen atoms in total. The fraction of sp³-hybridized carbons (Fsp3) is 0. The quantitative estimate of drug-likeness (QED) is 0.593. The van der Waals surface area contributed by atoms with Crippen LogP contribution >= 0.6 is 11.3 Å². The van der Waals surface area contributed by atoms with Crippen LogP contribution in [0.1, 0.15) is 11.3 Å². The highest BCUT2D eigenvalue weighted by Gasteiger charge is 2.08. The van der Waals surface area contributed by atoms with Gasteiger partial charge in [0.1, 0.15) is 11.9 Å². The molecule has 4 aromatic rings. The minimum atomic E-state index is -0.489. The highest BCUT2D eigenvalue weighted by Crippen LogP contribution is 2.28. The molecule has 0 atom stereocenters. The van der Waals surface area contributed by atoms with Gasteiger partial charge in [0.05, 0.1) is 0 Å². The van der Waals surface area contributed by atoms with Crippen molar-refractivity contribution in [3.05, 3.63) is 73.7 Å². The van der Waals surface area contributed by atoms with Crippen LogP contribution in [0.4, 0.5) is 0 Å². The Bertz CT molecular complexity index is 1260. The van der Waals surface area contributed by atoms with Gasteiger partial charge >= 0.3 is 5.56 Å². The van der Waals surface area contributed by atoms with Crippen LogP contribution in [0, 0.1) is 0 Å². The Hall–Kier alpha value is -3.39. The van der Waals surface area contributed by atoms with Gasteiger partial charge in [0.15, 0.2) is 5.69 Å². The molecule has 0 spiro atoms. The Morgan fingerprint density at radius 3 is 2.76 bits per heavy atom. The van der Waals surface area contributed by atoms with E-state index in [4.69, 9.17) is 0 Å². The second-order valence-corrected chi connectivity index (χ2v) is 6.17. The van der Waals surface area contributed by atoms with E-state index < -0.39 is 5.56 Å². The van der Waals surface area contributed by atoms with Gasteiger partial charge in [0, 0.05) is 5.56 Å². The summed E-state index contributed by atoms with van der Waals surface area (Å²) in [5.74, 6) is 0.0974. The van der Waals surface area contributed by atoms with Crippen molar-refractivity contribution in [1.29, 1.82) is 0 Å². The smallest absolute Gasteiger partial charge is 0.301 e. The fourth-order valence-corrected chi connectivity index (χ4v) is 3.07. The van der Waals surface area contributed by atoms with E-state index in [-0.39, 0.29) is 21.1 Å². The summed E-state index contributed by atoms with van der Waals surface area (Å²) in [5.41, 5.74) is 0.149. The number of nitrogens with zero attached hydrogens (tertiary/aromatic N) is 4. The Balaban J connectivity index is 1.86. The van der Waals surface area contributed by atoms with Gasteiger partial charge in [-0.3, -0.25) is 9.59 Å². The molecule has 4 rings (SSSR count). The lowest BCUT2D eigenvalue weighted by molar-refractivity contribution is 0.475. The molecule has 0 aliphatic rings. The van der Waals surface area contributed by atoms with E-state index in [0.717, 1.165) is 32.8 Å². The summed E-state index contributed by atoms with van der Waals surface area (Å²) in [6.07, 6.45) is 4.15. The second-order valence-electron chi connectivity index (χ2n) is 5.20. The van der Waals surface area contributed by atoms with Gasteiger partial charge in [0.2, 0.25) is 4.96 Å². The van der Waals surface area contributed by atoms with Crippen molar-refractivity contribution in [3.63, 3.8) is 0 Å². The Morgan fingerprint density at radius 1 is 1.04 bits per heavy atom. The van der Waals surface area contributed by atoms with E-state index >= 15 is 0 Å². The Kier molecular flexibility index (Phi) is 3.58. The van der Waals surface area contributed by atoms with Crippen LogP contribution in [0.5, 0.6) is 5.75 Å². The summed E-state index contributed by atoms with van der Waals surface area (Å²) >= 11 is 0.791. The first kappa shape index (κ1) is 15.2. The monoisotopic (exact) mass is 350 g/mol. The van der Waals surface area contributed by atoms with Crippen molar-refractivity contribution in [1.82, 2.24) is 19.8 Å². The van der Waals surface area contributed by atoms with Gasteiger partial charge < -0.3 is 5.11 Å². The van der Waals surface area contributed by atoms with Crippen LogP contribution in [-0.2, 0) is 0 Å². The van der Waals surface area contributed by atoms with Crippen LogP contribution in [-0.4, -0.2) is 24.9 Å². The molecule has 0 unspecified atom stereocenters. The Labute approximate surface area is 144 Å². The zero-order chi connectivity index (χ0) is 17.4. The third kappa shape index (κ3) is 2.68. The van der Waals surface area contributed by atoms with E-state index in [1.807, 2.05) is 30.3 Å². The average molecular weight is 350 g/mol. The second kappa shape index (κ2) is 5.91. The first-order valence-electron chi connectivity index (χ1n) is 7.28. The van der Waals surface area contributed by atoms with Gasteiger partial charge in [-0.15, -0.1) is 10.2 Å². The number of phenols is 1. The van der Waals surface area contributed by atoms with Gasteiger partial charge in [-0.2, -0.15) is 9.61 Å². The number of hydrogen-bond donors (Lipinski definition) is 1. The van der Waals surface area contributed by atoms with Crippen molar-refractivity contribution < 1.29 is 5.11 Å². The zero-order valence-electron chi connectivity index (χ0n) is 12.7. The van der Waals surface area contributed by atoms with E-state index in [1.54, 1.807) is 12.1 Å². The molecule has 122 valence electrons. The minimum absolute atomic E-state index is 0.0585. The number of phenolic OH excluding ortho intramolecular Hbond substituents is 1. The number of rotatable bonds is 2. The predicted octanol–water partition coefficient (Wildman–Crippen LogP) is 1.94. The van der Waals surface area contributed by atoms with Crippen molar-refractivity contribution in [2.24, 2.45) is 0 Å². The SMILES string of the molecule is O=c1cnn2c(=O)c(/C=C/c3c(O)ccc4ccccc34)nnc2s1. The molecule has 0 aliphatic carbocycles. The van der Waals surface area contributed by atoms with Crippen molar-refractivity contribution >= 4 is 39.2 Å². The van der Waals surface area contributed by atoms with E-state index in [2.05, 4.69) is 15.3 Å². The number of aromatic nitrogens is 4. The van der Waals surface area contributed by atoms with Gasteiger partial charge in [-0.25, -0.2) is 0 Å². The molecule has 8 heteroatoms. The van der Waals surface area contributed by atoms with Crippen LogP contribution in [0.25, 0.3) is 27.9 Å². The van der Waals surface area contributed by atoms with Crippen LogP contribution < -0.4 is 10.3 Å². The third-order valence-corrected chi connectivity index (χ3v) is 4.41. The summed E-state index contributed by atoms with van der Waals surface area (Å²) in [6, 6.07) is 11.0. The maximum atomic E-state index is 12.4. The number of hydrogen-bond acceptors (Lipinski definition) is 7. The lowest BCUT2D eigenvalue weighted by Crippen LogP contribution is -2.22. The molecule has 0 amide bonds. The largest absolute Gasteiger partial charge is 0.507 e. The molecule has 0 aliphatic heterocycles. The molecule has 0 radical (unpaired) electrons. The molecular formula is C17H10N4O3S. The summed E-state index contributed by atoms with van der Waals surface area (Å²) in [4.78, 5) is 23.8. The molecule has 2 aromatic heterocycles. The maximum Gasteiger partial charge on any atom is 0.301 e. The summed E-state index contributed by atoms with van der Waals surface area (Å²) < 4.78 is 0.722. The van der Waals surface area contributed by atoms with E-state index in [9.17, 15) is 14.7 Å². The summed E-state index contributed by atoms with van der Waals surface area (Å²) in [7, 11) is 0. The molecule has 0 saturated carbocycles. The molecule has 1 N–H and O–H groups in total. The van der Waals surface area contributed by atoms with E-state index in [0.29, 0.717) is 5.56 Å². The molecule has 2 aromatic carbocycles. The molecule has 0 fully saturated rings. The zero-order valence-corrected chi connectivity index (χ0v) is 13.5. The first-order valence-corrected chi connectivity index (χ1v) is 8.10. The fourth-order valence-electron chi connectivity index (χ4n) is 2.49. The minimum Gasteiger partial charge on any atom is -0.507 e. The summed E-state index contributed by atoms with van der Waals surface area (Å²) in [5, 5.41) is 23.4. The number of aromatic hydroxyl groups is 1. The number of fused-ring (bicyclic) bond motifs is 2. The molecule has 25 heavy (non-hydrogen) atoms. The Morgan fingerprint density at radius 2 is 1.88 bits per heavy atom. The molecule has 2 heterocycles. The lowest BCUT2D eigenvalue weighted by Gasteiger charge is -2.05. The van der Waals surface area contributed by atoms with Gasteiger partial charge in [0.25, 0.3) is 4.74 Å². The molecule has 0 saturated heterocycles. The standard InChI is InChI=1S/C17H10N4O3S/c22-14-8-5-10-3-1-2-4-11(10)12(14)6-7-13-16(24)21-17(20-19-13)25-15(23)9-18-21/h1-9,22H/b7-6+. The first-order chi connectivity index (χ1) is 12.1. The van der Waals surface area contributed by atoms with Crippen molar-refractivity contribution in [3.8, 4) is 5.75 Å². The molecular weight excluding hydrogens is 340 g/mol.